The first-order valence-corrected chi connectivity index (χ1v) is 8.09. The average Bonchev–Trinajstić information content (AvgIpc) is 2.43. The van der Waals surface area contributed by atoms with Crippen molar-refractivity contribution in [1.29, 1.82) is 0 Å². The second-order valence-corrected chi connectivity index (χ2v) is 6.51. The fourth-order valence-corrected chi connectivity index (χ4v) is 3.31. The second-order valence-electron chi connectivity index (χ2n) is 5.66. The van der Waals surface area contributed by atoms with Crippen LogP contribution in [0.15, 0.2) is 18.2 Å². The summed E-state index contributed by atoms with van der Waals surface area (Å²) in [6.45, 7) is 4.22. The first kappa shape index (κ1) is 15.2. The van der Waals surface area contributed by atoms with Crippen molar-refractivity contribution in [3.63, 3.8) is 0 Å². The van der Waals surface area contributed by atoms with E-state index >= 15 is 0 Å². The number of rotatable bonds is 5. The average molecular weight is 300 g/mol. The van der Waals surface area contributed by atoms with Crippen LogP contribution in [0.2, 0.25) is 10.0 Å². The van der Waals surface area contributed by atoms with Gasteiger partial charge in [-0.05, 0) is 55.0 Å². The van der Waals surface area contributed by atoms with Crippen LogP contribution in [0.3, 0.4) is 0 Å². The van der Waals surface area contributed by atoms with Gasteiger partial charge in [0.1, 0.15) is 0 Å². The highest BCUT2D eigenvalue weighted by atomic mass is 35.5. The topological polar surface area (TPSA) is 12.0 Å². The Morgan fingerprint density at radius 1 is 1.11 bits per heavy atom. The molecular weight excluding hydrogens is 277 g/mol. The molecule has 106 valence electrons. The summed E-state index contributed by atoms with van der Waals surface area (Å²) in [5.41, 5.74) is 1.09. The highest BCUT2D eigenvalue weighted by molar-refractivity contribution is 6.33. The molecule has 0 bridgehead atoms. The molecule has 0 amide bonds. The van der Waals surface area contributed by atoms with Crippen LogP contribution in [-0.2, 0) is 6.54 Å². The van der Waals surface area contributed by atoms with Gasteiger partial charge in [-0.25, -0.2) is 0 Å². The van der Waals surface area contributed by atoms with E-state index in [9.17, 15) is 0 Å². The molecule has 0 heterocycles. The first-order valence-electron chi connectivity index (χ1n) is 7.33. The molecule has 0 radical (unpaired) electrons. The molecule has 0 spiro atoms. The molecule has 1 saturated carbocycles. The molecule has 1 aromatic carbocycles. The fraction of sp³-hybridized carbons (Fsp3) is 0.625. The smallest absolute Gasteiger partial charge is 0.0451 e. The minimum Gasteiger partial charge on any atom is -0.312 e. The lowest BCUT2D eigenvalue weighted by Gasteiger charge is -2.28. The number of hydrogen-bond donors (Lipinski definition) is 1. The maximum absolute atomic E-state index is 6.16. The number of halogens is 2. The van der Waals surface area contributed by atoms with Gasteiger partial charge < -0.3 is 5.32 Å². The van der Waals surface area contributed by atoms with Gasteiger partial charge in [-0.3, -0.25) is 0 Å². The van der Waals surface area contributed by atoms with Gasteiger partial charge in [0.2, 0.25) is 0 Å². The van der Waals surface area contributed by atoms with Gasteiger partial charge in [0.15, 0.2) is 0 Å². The van der Waals surface area contributed by atoms with Crippen LogP contribution >= 0.6 is 23.2 Å². The number of nitrogens with one attached hydrogen (secondary N) is 1. The van der Waals surface area contributed by atoms with Crippen LogP contribution in [0.1, 0.15) is 44.6 Å². The van der Waals surface area contributed by atoms with E-state index in [4.69, 9.17) is 23.2 Å². The zero-order valence-electron chi connectivity index (χ0n) is 11.6. The van der Waals surface area contributed by atoms with E-state index in [-0.39, 0.29) is 0 Å². The van der Waals surface area contributed by atoms with Gasteiger partial charge in [0, 0.05) is 16.6 Å². The molecule has 1 nitrogen and oxygen atoms in total. The molecule has 0 atom stereocenters. The SMILES string of the molecule is CCC1CCC(CNCc2cc(Cl)ccc2Cl)CC1. The van der Waals surface area contributed by atoms with E-state index < -0.39 is 0 Å². The minimum absolute atomic E-state index is 0.754. The third-order valence-corrected chi connectivity index (χ3v) is 4.90. The van der Waals surface area contributed by atoms with Crippen molar-refractivity contribution in [2.45, 2.75) is 45.6 Å². The molecule has 1 aromatic rings. The van der Waals surface area contributed by atoms with Gasteiger partial charge in [-0.15, -0.1) is 0 Å². The van der Waals surface area contributed by atoms with Gasteiger partial charge in [-0.1, -0.05) is 49.4 Å². The standard InChI is InChI=1S/C16H23Cl2N/c1-2-12-3-5-13(6-4-12)10-19-11-14-9-15(17)7-8-16(14)18/h7-9,12-13,19H,2-6,10-11H2,1H3. The predicted octanol–water partition coefficient (Wildman–Crippen LogP) is 5.30. The summed E-state index contributed by atoms with van der Waals surface area (Å²) in [7, 11) is 0. The normalized spacial score (nSPS) is 23.5. The summed E-state index contributed by atoms with van der Waals surface area (Å²) in [5, 5.41) is 5.08. The maximum atomic E-state index is 6.16. The molecule has 0 aromatic heterocycles. The van der Waals surface area contributed by atoms with Crippen molar-refractivity contribution in [3.8, 4) is 0 Å². The largest absolute Gasteiger partial charge is 0.312 e. The van der Waals surface area contributed by atoms with Gasteiger partial charge >= 0.3 is 0 Å². The summed E-state index contributed by atoms with van der Waals surface area (Å²) in [6.07, 6.45) is 6.89. The molecule has 1 aliphatic carbocycles. The predicted molar refractivity (Wildman–Crippen MR) is 83.9 cm³/mol. The van der Waals surface area contributed by atoms with Crippen LogP contribution < -0.4 is 5.32 Å². The van der Waals surface area contributed by atoms with Crippen LogP contribution in [0.25, 0.3) is 0 Å². The van der Waals surface area contributed by atoms with Crippen molar-refractivity contribution in [2.75, 3.05) is 6.54 Å². The van der Waals surface area contributed by atoms with Crippen LogP contribution in [0.4, 0.5) is 0 Å². The van der Waals surface area contributed by atoms with E-state index in [1.165, 1.54) is 32.1 Å². The Morgan fingerprint density at radius 3 is 2.47 bits per heavy atom. The number of hydrogen-bond acceptors (Lipinski definition) is 1. The van der Waals surface area contributed by atoms with Crippen molar-refractivity contribution < 1.29 is 0 Å². The lowest BCUT2D eigenvalue weighted by molar-refractivity contribution is 0.262. The highest BCUT2D eigenvalue weighted by Gasteiger charge is 2.19. The van der Waals surface area contributed by atoms with E-state index in [0.29, 0.717) is 0 Å². The molecule has 3 heteroatoms. The molecular formula is C16H23Cl2N. The third kappa shape index (κ3) is 4.66. The Balaban J connectivity index is 1.73. The van der Waals surface area contributed by atoms with Crippen molar-refractivity contribution in [2.24, 2.45) is 11.8 Å². The molecule has 1 aliphatic rings. The summed E-state index contributed by atoms with van der Waals surface area (Å²) < 4.78 is 0. The quantitative estimate of drug-likeness (QED) is 0.778. The molecule has 19 heavy (non-hydrogen) atoms. The van der Waals surface area contributed by atoms with Gasteiger partial charge in [0.05, 0.1) is 0 Å². The molecule has 0 saturated heterocycles. The summed E-state index contributed by atoms with van der Waals surface area (Å²) >= 11 is 12.1. The van der Waals surface area contributed by atoms with Crippen LogP contribution in [0.5, 0.6) is 0 Å². The lowest BCUT2D eigenvalue weighted by atomic mass is 9.81. The fourth-order valence-electron chi connectivity index (χ4n) is 2.93. The highest BCUT2D eigenvalue weighted by Crippen LogP contribution is 2.30. The zero-order valence-corrected chi connectivity index (χ0v) is 13.1. The van der Waals surface area contributed by atoms with Crippen molar-refractivity contribution in [1.82, 2.24) is 5.32 Å². The van der Waals surface area contributed by atoms with Crippen molar-refractivity contribution in [3.05, 3.63) is 33.8 Å². The Labute approximate surface area is 126 Å². The maximum Gasteiger partial charge on any atom is 0.0451 e. The van der Waals surface area contributed by atoms with E-state index in [2.05, 4.69) is 12.2 Å². The molecule has 0 unspecified atom stereocenters. The first-order chi connectivity index (χ1) is 9.19. The summed E-state index contributed by atoms with van der Waals surface area (Å²) in [6, 6.07) is 5.65. The lowest BCUT2D eigenvalue weighted by Crippen LogP contribution is -2.26. The number of benzene rings is 1. The molecule has 0 aliphatic heterocycles. The minimum atomic E-state index is 0.754. The van der Waals surface area contributed by atoms with E-state index in [0.717, 1.165) is 40.5 Å². The Hall–Kier alpha value is -0.240. The molecule has 2 rings (SSSR count). The Kier molecular flexibility index (Phi) is 6.00. The van der Waals surface area contributed by atoms with E-state index in [1.54, 1.807) is 0 Å². The van der Waals surface area contributed by atoms with Crippen molar-refractivity contribution >= 4 is 23.2 Å². The van der Waals surface area contributed by atoms with Gasteiger partial charge in [0.25, 0.3) is 0 Å². The van der Waals surface area contributed by atoms with E-state index in [1.807, 2.05) is 18.2 Å². The van der Waals surface area contributed by atoms with Gasteiger partial charge in [-0.2, -0.15) is 0 Å². The monoisotopic (exact) mass is 299 g/mol. The van der Waals surface area contributed by atoms with Crippen LogP contribution in [-0.4, -0.2) is 6.54 Å². The summed E-state index contributed by atoms with van der Waals surface area (Å²) in [4.78, 5) is 0. The summed E-state index contributed by atoms with van der Waals surface area (Å²) in [5.74, 6) is 1.80. The second kappa shape index (κ2) is 7.52. The molecule has 1 N–H and O–H groups in total. The van der Waals surface area contributed by atoms with Crippen LogP contribution in [0, 0.1) is 11.8 Å². The Morgan fingerprint density at radius 2 is 1.79 bits per heavy atom. The molecule has 1 fully saturated rings. The zero-order chi connectivity index (χ0) is 13.7. The Bertz CT molecular complexity index is 398. The third-order valence-electron chi connectivity index (χ3n) is 4.30.